The van der Waals surface area contributed by atoms with Crippen LogP contribution in [0.25, 0.3) is 0 Å². The monoisotopic (exact) mass is 278 g/mol. The van der Waals surface area contributed by atoms with Crippen LogP contribution in [0.2, 0.25) is 0 Å². The Kier molecular flexibility index (Phi) is 2.58. The van der Waals surface area contributed by atoms with Crippen molar-refractivity contribution in [1.29, 1.82) is 0 Å². The Bertz CT molecular complexity index is 476. The molecule has 0 aromatic carbocycles. The fourth-order valence-corrected chi connectivity index (χ4v) is 6.49. The van der Waals surface area contributed by atoms with Gasteiger partial charge in [-0.05, 0) is 43.1 Å². The van der Waals surface area contributed by atoms with Gasteiger partial charge in [0.15, 0.2) is 0 Å². The van der Waals surface area contributed by atoms with Gasteiger partial charge in [0.2, 0.25) is 5.72 Å². The summed E-state index contributed by atoms with van der Waals surface area (Å²) in [4.78, 5) is 0. The lowest BCUT2D eigenvalue weighted by Gasteiger charge is -2.63. The van der Waals surface area contributed by atoms with E-state index in [0.717, 1.165) is 43.3 Å². The maximum Gasteiger partial charge on any atom is 0.210 e. The topological polar surface area (TPSA) is 40.5 Å². The molecule has 2 aliphatic heterocycles. The summed E-state index contributed by atoms with van der Waals surface area (Å²) < 4.78 is 0.806. The highest BCUT2D eigenvalue weighted by Crippen LogP contribution is 2.67. The Morgan fingerprint density at radius 2 is 2.10 bits per heavy atom. The second-order valence-corrected chi connectivity index (χ2v) is 8.18. The van der Waals surface area contributed by atoms with Crippen LogP contribution in [-0.4, -0.2) is 46.7 Å². The molecule has 2 unspecified atom stereocenters. The number of aliphatic hydroxyl groups is 2. The van der Waals surface area contributed by atoms with Crippen LogP contribution in [0.4, 0.5) is 0 Å². The summed E-state index contributed by atoms with van der Waals surface area (Å²) in [5.41, 5.74) is 0.439. The fourth-order valence-electron chi connectivity index (χ4n) is 6.49. The summed E-state index contributed by atoms with van der Waals surface area (Å²) in [5, 5.41) is 22.5. The van der Waals surface area contributed by atoms with Gasteiger partial charge in [-0.15, -0.1) is 0 Å². The van der Waals surface area contributed by atoms with E-state index in [1.165, 1.54) is 18.4 Å². The van der Waals surface area contributed by atoms with Crippen LogP contribution >= 0.6 is 0 Å². The van der Waals surface area contributed by atoms with E-state index >= 15 is 0 Å². The van der Waals surface area contributed by atoms with Gasteiger partial charge in [0.1, 0.15) is 0 Å². The van der Waals surface area contributed by atoms with Gasteiger partial charge in [-0.1, -0.05) is 13.0 Å². The first-order chi connectivity index (χ1) is 9.43. The molecule has 0 amide bonds. The number of aliphatic hydroxyl groups excluding tert-OH is 1. The molecule has 0 aromatic rings. The predicted molar refractivity (Wildman–Crippen MR) is 77.7 cm³/mol. The van der Waals surface area contributed by atoms with Gasteiger partial charge >= 0.3 is 0 Å². The van der Waals surface area contributed by atoms with Gasteiger partial charge in [0.05, 0.1) is 31.7 Å². The van der Waals surface area contributed by atoms with E-state index in [1.807, 2.05) is 0 Å². The molecule has 2 aliphatic carbocycles. The van der Waals surface area contributed by atoms with Crippen LogP contribution in [0.15, 0.2) is 11.6 Å². The lowest BCUT2D eigenvalue weighted by Crippen LogP contribution is -2.75. The minimum atomic E-state index is -0.645. The van der Waals surface area contributed by atoms with Gasteiger partial charge in [0.25, 0.3) is 0 Å². The van der Waals surface area contributed by atoms with Crippen LogP contribution in [0.1, 0.15) is 45.4 Å². The Labute approximate surface area is 121 Å². The van der Waals surface area contributed by atoms with E-state index in [2.05, 4.69) is 20.0 Å². The average Bonchev–Trinajstić information content (AvgIpc) is 2.61. The third-order valence-electron chi connectivity index (χ3n) is 7.22. The predicted octanol–water partition coefficient (Wildman–Crippen LogP) is 2.04. The highest BCUT2D eigenvalue weighted by atomic mass is 16.3. The molecule has 112 valence electrons. The second kappa shape index (κ2) is 3.88. The maximum atomic E-state index is 11.9. The van der Waals surface area contributed by atoms with Crippen LogP contribution in [0.5, 0.6) is 0 Å². The first kappa shape index (κ1) is 13.3. The number of hydrogen-bond acceptors (Lipinski definition) is 2. The number of nitrogens with zero attached hydrogens (tertiary/aromatic N) is 1. The summed E-state index contributed by atoms with van der Waals surface area (Å²) in [7, 11) is 2.26. The zero-order chi connectivity index (χ0) is 14.2. The van der Waals surface area contributed by atoms with Crippen molar-refractivity contribution in [3.63, 3.8) is 0 Å². The summed E-state index contributed by atoms with van der Waals surface area (Å²) in [6, 6.07) is 0. The molecule has 2 N–H and O–H groups in total. The van der Waals surface area contributed by atoms with Crippen LogP contribution in [0.3, 0.4) is 0 Å². The van der Waals surface area contributed by atoms with E-state index in [-0.39, 0.29) is 11.5 Å². The molecule has 4 aliphatic rings. The van der Waals surface area contributed by atoms with E-state index in [1.54, 1.807) is 0 Å². The standard InChI is InChI=1S/C17H28NO2/c1-12-9-13-10-15(19)14-5-3-7-18(2)8-4-6-16(13,14)17(18,20)11-12/h5,12-13,15,19-20H,3-4,6-11H2,1-2H3/q+1/t12?,13-,15+,16+,17-,18?/m0/s1. The molecule has 6 atom stereocenters. The highest BCUT2D eigenvalue weighted by Gasteiger charge is 2.73. The molecule has 2 heterocycles. The van der Waals surface area contributed by atoms with E-state index in [0.29, 0.717) is 11.8 Å². The summed E-state index contributed by atoms with van der Waals surface area (Å²) in [5.74, 6) is 1.05. The first-order valence-electron chi connectivity index (χ1n) is 8.39. The minimum absolute atomic E-state index is 0.123. The summed E-state index contributed by atoms with van der Waals surface area (Å²) >= 11 is 0. The van der Waals surface area contributed by atoms with Crippen molar-refractivity contribution < 1.29 is 14.7 Å². The smallest absolute Gasteiger partial charge is 0.210 e. The lowest BCUT2D eigenvalue weighted by atomic mass is 9.54. The number of rotatable bonds is 0. The highest BCUT2D eigenvalue weighted by molar-refractivity contribution is 5.33. The molecule has 3 fully saturated rings. The molecule has 3 heteroatoms. The van der Waals surface area contributed by atoms with E-state index in [4.69, 9.17) is 0 Å². The van der Waals surface area contributed by atoms with Crippen LogP contribution in [0, 0.1) is 17.3 Å². The van der Waals surface area contributed by atoms with Crippen molar-refractivity contribution in [3.05, 3.63) is 11.6 Å². The molecule has 0 aromatic heterocycles. The molecule has 3 nitrogen and oxygen atoms in total. The molecular weight excluding hydrogens is 250 g/mol. The van der Waals surface area contributed by atoms with Crippen molar-refractivity contribution in [2.45, 2.75) is 57.3 Å². The Balaban J connectivity index is 1.96. The second-order valence-electron chi connectivity index (χ2n) is 8.18. The van der Waals surface area contributed by atoms with E-state index < -0.39 is 5.72 Å². The molecule has 20 heavy (non-hydrogen) atoms. The number of hydrogen-bond donors (Lipinski definition) is 2. The molecule has 2 saturated carbocycles. The van der Waals surface area contributed by atoms with Crippen LogP contribution < -0.4 is 0 Å². The van der Waals surface area contributed by atoms with E-state index in [9.17, 15) is 10.2 Å². The Morgan fingerprint density at radius 3 is 2.90 bits per heavy atom. The molecule has 0 radical (unpaired) electrons. The number of piperidine rings is 1. The maximum absolute atomic E-state index is 11.9. The van der Waals surface area contributed by atoms with Gasteiger partial charge in [-0.2, -0.15) is 0 Å². The first-order valence-corrected chi connectivity index (χ1v) is 8.39. The third kappa shape index (κ3) is 1.28. The largest absolute Gasteiger partial charge is 0.389 e. The molecule has 1 spiro atoms. The van der Waals surface area contributed by atoms with Gasteiger partial charge in [-0.3, -0.25) is 4.48 Å². The summed E-state index contributed by atoms with van der Waals surface area (Å²) in [6.45, 7) is 4.40. The lowest BCUT2D eigenvalue weighted by molar-refractivity contribution is -0.999. The van der Waals surface area contributed by atoms with Gasteiger partial charge in [-0.25, -0.2) is 0 Å². The molecule has 2 bridgehead atoms. The third-order valence-corrected chi connectivity index (χ3v) is 7.22. The SMILES string of the molecule is CC1C[C@H]2C[C@@H](O)C3=CCC[N+]4(C)CCC[C@]32[C@@]4(O)C1. The van der Waals surface area contributed by atoms with Crippen molar-refractivity contribution in [2.75, 3.05) is 20.1 Å². The fraction of sp³-hybridized carbons (Fsp3) is 0.882. The van der Waals surface area contributed by atoms with Gasteiger partial charge < -0.3 is 10.2 Å². The zero-order valence-electron chi connectivity index (χ0n) is 12.8. The van der Waals surface area contributed by atoms with Crippen molar-refractivity contribution in [3.8, 4) is 0 Å². The van der Waals surface area contributed by atoms with Crippen LogP contribution in [-0.2, 0) is 0 Å². The summed E-state index contributed by atoms with van der Waals surface area (Å²) in [6.07, 6.45) is 8.22. The van der Waals surface area contributed by atoms with Gasteiger partial charge in [0, 0.05) is 12.8 Å². The number of quaternary nitrogens is 1. The Hall–Kier alpha value is -0.380. The zero-order valence-corrected chi connectivity index (χ0v) is 12.8. The Morgan fingerprint density at radius 1 is 1.30 bits per heavy atom. The van der Waals surface area contributed by atoms with Crippen molar-refractivity contribution in [1.82, 2.24) is 0 Å². The van der Waals surface area contributed by atoms with Crippen molar-refractivity contribution in [2.24, 2.45) is 17.3 Å². The molecule has 1 saturated heterocycles. The quantitative estimate of drug-likeness (QED) is 0.526. The molecule has 4 rings (SSSR count). The normalized spacial score (nSPS) is 57.8. The van der Waals surface area contributed by atoms with Crippen molar-refractivity contribution >= 4 is 0 Å². The molecular formula is C17H28NO2+. The minimum Gasteiger partial charge on any atom is -0.389 e. The average molecular weight is 278 g/mol.